The molecule has 19 heavy (non-hydrogen) atoms. The topological polar surface area (TPSA) is 55.1 Å². The molecule has 0 unspecified atom stereocenters. The van der Waals surface area contributed by atoms with Crippen LogP contribution in [0.1, 0.15) is 39.0 Å². The predicted octanol–water partition coefficient (Wildman–Crippen LogP) is 1.90. The molecule has 0 aliphatic carbocycles. The highest BCUT2D eigenvalue weighted by Gasteiger charge is 2.51. The molecule has 2 rings (SSSR count). The van der Waals surface area contributed by atoms with Gasteiger partial charge in [0.2, 0.25) is 0 Å². The van der Waals surface area contributed by atoms with Crippen LogP contribution in [0.5, 0.6) is 0 Å². The van der Waals surface area contributed by atoms with Gasteiger partial charge in [0, 0.05) is 11.7 Å². The van der Waals surface area contributed by atoms with Gasteiger partial charge >= 0.3 is 7.12 Å². The van der Waals surface area contributed by atoms with Gasteiger partial charge in [0.1, 0.15) is 6.07 Å². The summed E-state index contributed by atoms with van der Waals surface area (Å²) in [5.41, 5.74) is 0.995. The SMILES string of the molecule is C=Cc1ncc(B2OC(C)(C)C(C)(C)O2)cc1C#N. The molecule has 0 radical (unpaired) electrons. The van der Waals surface area contributed by atoms with Crippen molar-refractivity contribution in [3.05, 3.63) is 30.1 Å². The first-order chi connectivity index (χ1) is 8.80. The Hall–Kier alpha value is -1.64. The second-order valence-corrected chi connectivity index (χ2v) is 5.61. The van der Waals surface area contributed by atoms with Crippen molar-refractivity contribution in [3.63, 3.8) is 0 Å². The Kier molecular flexibility index (Phi) is 3.25. The van der Waals surface area contributed by atoms with E-state index in [0.717, 1.165) is 5.46 Å². The van der Waals surface area contributed by atoms with E-state index < -0.39 is 18.3 Å². The molecule has 1 aromatic rings. The molecule has 1 fully saturated rings. The first-order valence-electron chi connectivity index (χ1n) is 6.19. The van der Waals surface area contributed by atoms with Gasteiger partial charge in [-0.3, -0.25) is 4.98 Å². The molecular weight excluding hydrogens is 239 g/mol. The Labute approximate surface area is 114 Å². The zero-order valence-electron chi connectivity index (χ0n) is 11.7. The predicted molar refractivity (Wildman–Crippen MR) is 74.8 cm³/mol. The highest BCUT2D eigenvalue weighted by Crippen LogP contribution is 2.36. The standard InChI is InChI=1S/C14H17BN2O2/c1-6-12-10(8-16)7-11(9-17-12)15-18-13(2,3)14(4,5)19-15/h6-7,9H,1H2,2-5H3. The van der Waals surface area contributed by atoms with Crippen LogP contribution in [0.25, 0.3) is 6.08 Å². The summed E-state index contributed by atoms with van der Waals surface area (Å²) < 4.78 is 11.9. The molecule has 0 spiro atoms. The molecule has 2 heterocycles. The molecule has 1 aliphatic heterocycles. The van der Waals surface area contributed by atoms with Gasteiger partial charge in [0.15, 0.2) is 0 Å². The van der Waals surface area contributed by atoms with Crippen molar-refractivity contribution < 1.29 is 9.31 Å². The lowest BCUT2D eigenvalue weighted by molar-refractivity contribution is 0.00578. The highest BCUT2D eigenvalue weighted by molar-refractivity contribution is 6.62. The molecule has 0 bridgehead atoms. The maximum absolute atomic E-state index is 9.10. The molecule has 1 aliphatic rings. The third-order valence-corrected chi connectivity index (χ3v) is 3.78. The summed E-state index contributed by atoms with van der Waals surface area (Å²) >= 11 is 0. The molecule has 0 saturated carbocycles. The Morgan fingerprint density at radius 3 is 2.37 bits per heavy atom. The third-order valence-electron chi connectivity index (χ3n) is 3.78. The first kappa shape index (κ1) is 13.8. The lowest BCUT2D eigenvalue weighted by atomic mass is 9.79. The zero-order valence-corrected chi connectivity index (χ0v) is 11.7. The first-order valence-corrected chi connectivity index (χ1v) is 6.19. The summed E-state index contributed by atoms with van der Waals surface area (Å²) in [5, 5.41) is 9.10. The minimum atomic E-state index is -0.497. The maximum Gasteiger partial charge on any atom is 0.496 e. The minimum absolute atomic E-state index is 0.401. The van der Waals surface area contributed by atoms with Crippen LogP contribution < -0.4 is 5.46 Å². The summed E-state index contributed by atoms with van der Waals surface area (Å²) in [7, 11) is -0.497. The van der Waals surface area contributed by atoms with Crippen molar-refractivity contribution in [1.29, 1.82) is 5.26 Å². The quantitative estimate of drug-likeness (QED) is 0.758. The molecule has 1 saturated heterocycles. The number of hydrogen-bond acceptors (Lipinski definition) is 4. The van der Waals surface area contributed by atoms with E-state index in [4.69, 9.17) is 14.6 Å². The molecule has 0 aromatic carbocycles. The number of rotatable bonds is 2. The van der Waals surface area contributed by atoms with E-state index in [0.29, 0.717) is 11.3 Å². The van der Waals surface area contributed by atoms with Gasteiger partial charge in [-0.25, -0.2) is 0 Å². The van der Waals surface area contributed by atoms with Crippen molar-refractivity contribution in [2.24, 2.45) is 0 Å². The fraction of sp³-hybridized carbons (Fsp3) is 0.429. The van der Waals surface area contributed by atoms with Crippen molar-refractivity contribution >= 4 is 18.7 Å². The average Bonchev–Trinajstić information content (AvgIpc) is 2.57. The molecule has 0 N–H and O–H groups in total. The van der Waals surface area contributed by atoms with Crippen LogP contribution in [-0.2, 0) is 9.31 Å². The van der Waals surface area contributed by atoms with Gasteiger partial charge in [-0.15, -0.1) is 0 Å². The summed E-state index contributed by atoms with van der Waals surface area (Å²) in [6.45, 7) is 11.6. The van der Waals surface area contributed by atoms with E-state index in [2.05, 4.69) is 17.6 Å². The minimum Gasteiger partial charge on any atom is -0.399 e. The van der Waals surface area contributed by atoms with Gasteiger partial charge in [-0.05, 0) is 39.8 Å². The van der Waals surface area contributed by atoms with E-state index in [1.54, 1.807) is 18.3 Å². The van der Waals surface area contributed by atoms with E-state index in [1.165, 1.54) is 0 Å². The van der Waals surface area contributed by atoms with E-state index in [1.807, 2.05) is 27.7 Å². The molecule has 5 heteroatoms. The molecule has 98 valence electrons. The molecule has 0 atom stereocenters. The number of nitriles is 1. The second-order valence-electron chi connectivity index (χ2n) is 5.61. The van der Waals surface area contributed by atoms with Crippen LogP contribution in [0.4, 0.5) is 0 Å². The Balaban J connectivity index is 2.36. The Bertz CT molecular complexity index is 545. The fourth-order valence-electron chi connectivity index (χ4n) is 1.85. The van der Waals surface area contributed by atoms with Gasteiger partial charge in [-0.1, -0.05) is 6.58 Å². The van der Waals surface area contributed by atoms with Crippen LogP contribution in [0, 0.1) is 11.3 Å². The number of aromatic nitrogens is 1. The van der Waals surface area contributed by atoms with Crippen molar-refractivity contribution in [1.82, 2.24) is 4.98 Å². The van der Waals surface area contributed by atoms with Gasteiger partial charge < -0.3 is 9.31 Å². The van der Waals surface area contributed by atoms with E-state index in [9.17, 15) is 0 Å². The number of hydrogen-bond donors (Lipinski definition) is 0. The summed E-state index contributed by atoms with van der Waals surface area (Å²) in [6.07, 6.45) is 3.23. The van der Waals surface area contributed by atoms with Crippen molar-refractivity contribution in [2.75, 3.05) is 0 Å². The smallest absolute Gasteiger partial charge is 0.399 e. The normalized spacial score (nSPS) is 20.1. The molecule has 0 amide bonds. The summed E-state index contributed by atoms with van der Waals surface area (Å²) in [4.78, 5) is 4.21. The van der Waals surface area contributed by atoms with Crippen LogP contribution in [-0.4, -0.2) is 23.3 Å². The lowest BCUT2D eigenvalue weighted by Crippen LogP contribution is -2.41. The Morgan fingerprint density at radius 2 is 1.89 bits per heavy atom. The van der Waals surface area contributed by atoms with Gasteiger partial charge in [0.25, 0.3) is 0 Å². The third kappa shape index (κ3) is 2.29. The molecule has 4 nitrogen and oxygen atoms in total. The average molecular weight is 256 g/mol. The van der Waals surface area contributed by atoms with Crippen LogP contribution in [0.2, 0.25) is 0 Å². The summed E-state index contributed by atoms with van der Waals surface area (Å²) in [5.74, 6) is 0. The lowest BCUT2D eigenvalue weighted by Gasteiger charge is -2.32. The van der Waals surface area contributed by atoms with Crippen molar-refractivity contribution in [3.8, 4) is 6.07 Å². The molecular formula is C14H17BN2O2. The van der Waals surface area contributed by atoms with Crippen molar-refractivity contribution in [2.45, 2.75) is 38.9 Å². The van der Waals surface area contributed by atoms with E-state index >= 15 is 0 Å². The van der Waals surface area contributed by atoms with Gasteiger partial charge in [0.05, 0.1) is 22.5 Å². The van der Waals surface area contributed by atoms with Crippen LogP contribution in [0.15, 0.2) is 18.8 Å². The maximum atomic E-state index is 9.10. The summed E-state index contributed by atoms with van der Waals surface area (Å²) in [6, 6.07) is 3.85. The highest BCUT2D eigenvalue weighted by atomic mass is 16.7. The van der Waals surface area contributed by atoms with E-state index in [-0.39, 0.29) is 0 Å². The Morgan fingerprint density at radius 1 is 1.32 bits per heavy atom. The van der Waals surface area contributed by atoms with Gasteiger partial charge in [-0.2, -0.15) is 5.26 Å². The number of nitrogens with zero attached hydrogens (tertiary/aromatic N) is 2. The largest absolute Gasteiger partial charge is 0.496 e. The number of pyridine rings is 1. The van der Waals surface area contributed by atoms with Crippen LogP contribution >= 0.6 is 0 Å². The van der Waals surface area contributed by atoms with Crippen LogP contribution in [0.3, 0.4) is 0 Å². The fourth-order valence-corrected chi connectivity index (χ4v) is 1.85. The monoisotopic (exact) mass is 256 g/mol. The second kappa shape index (κ2) is 4.48. The zero-order chi connectivity index (χ0) is 14.3. The molecule has 1 aromatic heterocycles.